The number of nitrogens with zero attached hydrogens (tertiary/aromatic N) is 2. The van der Waals surface area contributed by atoms with Gasteiger partial charge in [-0.05, 0) is 64.6 Å². The van der Waals surface area contributed by atoms with Crippen LogP contribution in [-0.4, -0.2) is 53.0 Å². The molecule has 3 heterocycles. The highest BCUT2D eigenvalue weighted by Crippen LogP contribution is 2.29. The van der Waals surface area contributed by atoms with Gasteiger partial charge in [0.2, 0.25) is 0 Å². The van der Waals surface area contributed by atoms with Gasteiger partial charge in [-0.25, -0.2) is 0 Å². The third kappa shape index (κ3) is 4.60. The van der Waals surface area contributed by atoms with E-state index in [9.17, 15) is 5.11 Å². The average molecular weight is 386 g/mol. The van der Waals surface area contributed by atoms with Gasteiger partial charge in [-0.2, -0.15) is 0 Å². The maximum Gasteiger partial charge on any atom is 0.133 e. The van der Waals surface area contributed by atoms with Crippen molar-refractivity contribution in [1.29, 1.82) is 0 Å². The van der Waals surface area contributed by atoms with Gasteiger partial charge in [-0.1, -0.05) is 18.2 Å². The minimum atomic E-state index is -0.668. The van der Waals surface area contributed by atoms with Gasteiger partial charge in [0, 0.05) is 54.5 Å². The van der Waals surface area contributed by atoms with E-state index in [-0.39, 0.29) is 5.54 Å². The van der Waals surface area contributed by atoms with E-state index in [1.807, 2.05) is 0 Å². The molecule has 2 aliphatic heterocycles. The number of fused-ring (bicyclic) bond motifs is 1. The molecule has 154 valence electrons. The molecule has 2 aromatic rings. The molecule has 0 spiro atoms. The van der Waals surface area contributed by atoms with Crippen molar-refractivity contribution in [3.63, 3.8) is 0 Å². The number of benzene rings is 1. The molecule has 0 bridgehead atoms. The summed E-state index contributed by atoms with van der Waals surface area (Å²) in [6, 6.07) is 8.44. The van der Waals surface area contributed by atoms with E-state index in [0.717, 1.165) is 50.1 Å². The van der Waals surface area contributed by atoms with E-state index >= 15 is 0 Å². The van der Waals surface area contributed by atoms with Crippen molar-refractivity contribution >= 4 is 10.9 Å². The van der Waals surface area contributed by atoms with E-state index in [4.69, 9.17) is 4.74 Å². The fourth-order valence-corrected chi connectivity index (χ4v) is 4.84. The van der Waals surface area contributed by atoms with Gasteiger partial charge in [-0.3, -0.25) is 5.32 Å². The van der Waals surface area contributed by atoms with Gasteiger partial charge in [0.1, 0.15) is 6.23 Å². The van der Waals surface area contributed by atoms with Crippen LogP contribution < -0.4 is 5.32 Å². The van der Waals surface area contributed by atoms with Crippen molar-refractivity contribution < 1.29 is 9.84 Å². The predicted octanol–water partition coefficient (Wildman–Crippen LogP) is 3.52. The molecular weight excluding hydrogens is 350 g/mol. The molecule has 1 aromatic carbocycles. The van der Waals surface area contributed by atoms with Crippen LogP contribution in [0.2, 0.25) is 0 Å². The molecule has 2 aliphatic rings. The second kappa shape index (κ2) is 8.54. The van der Waals surface area contributed by atoms with Crippen LogP contribution >= 0.6 is 0 Å². The van der Waals surface area contributed by atoms with Crippen LogP contribution in [-0.2, 0) is 11.3 Å². The standard InChI is InChI=1S/C23H35N3O2/c1-23(2,17-25-11-5-6-12-25)24-22(27)20-16-26(15-18-9-13-28-14-10-18)21-8-4-3-7-19(20)21/h3-4,7-8,16,18,22,24,27H,5-6,9-15,17H2,1-2H3. The van der Waals surface area contributed by atoms with Crippen LogP contribution in [0.25, 0.3) is 10.9 Å². The van der Waals surface area contributed by atoms with Crippen molar-refractivity contribution in [2.45, 2.75) is 57.8 Å². The third-order valence-corrected chi connectivity index (χ3v) is 6.25. The first-order valence-electron chi connectivity index (χ1n) is 10.9. The predicted molar refractivity (Wildman–Crippen MR) is 113 cm³/mol. The van der Waals surface area contributed by atoms with Crippen LogP contribution in [0.5, 0.6) is 0 Å². The zero-order valence-electron chi connectivity index (χ0n) is 17.4. The fourth-order valence-electron chi connectivity index (χ4n) is 4.84. The van der Waals surface area contributed by atoms with Crippen LogP contribution in [0.4, 0.5) is 0 Å². The molecule has 5 nitrogen and oxygen atoms in total. The van der Waals surface area contributed by atoms with Crippen molar-refractivity contribution in [3.05, 3.63) is 36.0 Å². The van der Waals surface area contributed by atoms with Crippen molar-refractivity contribution in [3.8, 4) is 0 Å². The first-order chi connectivity index (χ1) is 13.5. The third-order valence-electron chi connectivity index (χ3n) is 6.25. The highest BCUT2D eigenvalue weighted by atomic mass is 16.5. The first kappa shape index (κ1) is 19.9. The number of rotatable bonds is 7. The molecule has 2 N–H and O–H groups in total. The Bertz CT molecular complexity index is 773. The van der Waals surface area contributed by atoms with Crippen LogP contribution in [0.1, 0.15) is 51.3 Å². The Morgan fingerprint density at radius 2 is 1.89 bits per heavy atom. The Hall–Kier alpha value is -1.40. The normalized spacial score (nSPS) is 20.8. The summed E-state index contributed by atoms with van der Waals surface area (Å²) in [4.78, 5) is 2.49. The van der Waals surface area contributed by atoms with E-state index in [1.165, 1.54) is 31.4 Å². The zero-order valence-corrected chi connectivity index (χ0v) is 17.4. The van der Waals surface area contributed by atoms with Crippen molar-refractivity contribution in [2.75, 3.05) is 32.8 Å². The average Bonchev–Trinajstić information content (AvgIpc) is 3.30. The maximum atomic E-state index is 11.1. The number of aliphatic hydroxyl groups excluding tert-OH is 1. The maximum absolute atomic E-state index is 11.1. The molecular formula is C23H35N3O2. The topological polar surface area (TPSA) is 49.7 Å². The summed E-state index contributed by atoms with van der Waals surface area (Å²) in [6.07, 6.45) is 6.30. The highest BCUT2D eigenvalue weighted by Gasteiger charge is 2.28. The largest absolute Gasteiger partial charge is 0.381 e. The van der Waals surface area contributed by atoms with Crippen LogP contribution in [0.3, 0.4) is 0 Å². The Labute approximate surface area is 168 Å². The lowest BCUT2D eigenvalue weighted by molar-refractivity contribution is 0.0614. The monoisotopic (exact) mass is 385 g/mol. The zero-order chi connectivity index (χ0) is 19.6. The fraction of sp³-hybridized carbons (Fsp3) is 0.652. The first-order valence-corrected chi connectivity index (χ1v) is 10.9. The summed E-state index contributed by atoms with van der Waals surface area (Å²) in [5, 5.41) is 15.7. The molecule has 5 heteroatoms. The molecule has 2 fully saturated rings. The Balaban J connectivity index is 1.52. The summed E-state index contributed by atoms with van der Waals surface area (Å²) in [5.41, 5.74) is 2.05. The molecule has 4 rings (SSSR count). The number of likely N-dealkylation sites (tertiary alicyclic amines) is 1. The minimum Gasteiger partial charge on any atom is -0.381 e. The van der Waals surface area contributed by atoms with Gasteiger partial charge < -0.3 is 19.3 Å². The van der Waals surface area contributed by atoms with Crippen LogP contribution in [0, 0.1) is 5.92 Å². The summed E-state index contributed by atoms with van der Waals surface area (Å²) in [6.45, 7) is 10.4. The molecule has 1 unspecified atom stereocenters. The second-order valence-corrected chi connectivity index (χ2v) is 9.22. The molecule has 0 amide bonds. The quantitative estimate of drug-likeness (QED) is 0.716. The van der Waals surface area contributed by atoms with Gasteiger partial charge in [-0.15, -0.1) is 0 Å². The minimum absolute atomic E-state index is 0.145. The van der Waals surface area contributed by atoms with Crippen molar-refractivity contribution in [1.82, 2.24) is 14.8 Å². The number of para-hydroxylation sites is 1. The SMILES string of the molecule is CC(C)(CN1CCCC1)NC(O)c1cn(CC2CCOCC2)c2ccccc12. The molecule has 1 atom stereocenters. The Morgan fingerprint density at radius 3 is 2.64 bits per heavy atom. The number of nitrogens with one attached hydrogen (secondary N) is 1. The Morgan fingerprint density at radius 1 is 1.18 bits per heavy atom. The van der Waals surface area contributed by atoms with Crippen LogP contribution in [0.15, 0.2) is 30.5 Å². The van der Waals surface area contributed by atoms with E-state index in [1.54, 1.807) is 0 Å². The van der Waals surface area contributed by atoms with Gasteiger partial charge >= 0.3 is 0 Å². The molecule has 28 heavy (non-hydrogen) atoms. The second-order valence-electron chi connectivity index (χ2n) is 9.22. The summed E-state index contributed by atoms with van der Waals surface area (Å²) >= 11 is 0. The van der Waals surface area contributed by atoms with E-state index < -0.39 is 6.23 Å². The molecule has 0 saturated carbocycles. The van der Waals surface area contributed by atoms with E-state index in [0.29, 0.717) is 5.92 Å². The number of ether oxygens (including phenoxy) is 1. The smallest absolute Gasteiger partial charge is 0.133 e. The van der Waals surface area contributed by atoms with Gasteiger partial charge in [0.25, 0.3) is 0 Å². The summed E-state index contributed by atoms with van der Waals surface area (Å²) < 4.78 is 7.85. The van der Waals surface area contributed by atoms with E-state index in [2.05, 4.69) is 59.1 Å². The summed E-state index contributed by atoms with van der Waals surface area (Å²) in [7, 11) is 0. The number of aliphatic hydroxyl groups is 1. The van der Waals surface area contributed by atoms with Crippen molar-refractivity contribution in [2.24, 2.45) is 5.92 Å². The Kier molecular flexibility index (Phi) is 6.07. The lowest BCUT2D eigenvalue weighted by Gasteiger charge is -2.33. The lowest BCUT2D eigenvalue weighted by atomic mass is 10.0. The van der Waals surface area contributed by atoms with Gasteiger partial charge in [0.15, 0.2) is 0 Å². The number of hydrogen-bond donors (Lipinski definition) is 2. The molecule has 0 aliphatic carbocycles. The highest BCUT2D eigenvalue weighted by molar-refractivity contribution is 5.84. The summed E-state index contributed by atoms with van der Waals surface area (Å²) in [5.74, 6) is 0.647. The number of hydrogen-bond acceptors (Lipinski definition) is 4. The van der Waals surface area contributed by atoms with Gasteiger partial charge in [0.05, 0.1) is 0 Å². The lowest BCUT2D eigenvalue weighted by Crippen LogP contribution is -2.49. The molecule has 1 aromatic heterocycles. The molecule has 0 radical (unpaired) electrons. The number of aromatic nitrogens is 1. The molecule has 2 saturated heterocycles.